The van der Waals surface area contributed by atoms with Crippen molar-refractivity contribution in [1.82, 2.24) is 0 Å². The Morgan fingerprint density at radius 1 is 1.07 bits per heavy atom. The topological polar surface area (TPSA) is 26.0 Å². The zero-order valence-corrected chi connectivity index (χ0v) is 9.51. The van der Waals surface area contributed by atoms with Crippen LogP contribution in [0, 0.1) is 0 Å². The SMILES string of the molecule is CCc1ccc(C(N)CC)cc1CC. The van der Waals surface area contributed by atoms with Gasteiger partial charge in [-0.1, -0.05) is 39.0 Å². The second kappa shape index (κ2) is 5.16. The Kier molecular flexibility index (Phi) is 4.15. The van der Waals surface area contributed by atoms with Crippen molar-refractivity contribution in [1.29, 1.82) is 0 Å². The molecule has 0 bridgehead atoms. The molecule has 0 saturated carbocycles. The molecule has 1 rings (SSSR count). The second-order valence-electron chi connectivity index (χ2n) is 3.75. The highest BCUT2D eigenvalue weighted by atomic mass is 14.6. The summed E-state index contributed by atoms with van der Waals surface area (Å²) in [6.07, 6.45) is 3.23. The lowest BCUT2D eigenvalue weighted by molar-refractivity contribution is 0.697. The summed E-state index contributed by atoms with van der Waals surface area (Å²) in [5.74, 6) is 0. The predicted octanol–water partition coefficient (Wildman–Crippen LogP) is 3.22. The molecule has 2 N–H and O–H groups in total. The van der Waals surface area contributed by atoms with Gasteiger partial charge < -0.3 is 5.73 Å². The largest absolute Gasteiger partial charge is 0.324 e. The number of aryl methyl sites for hydroxylation is 2. The summed E-state index contributed by atoms with van der Waals surface area (Å²) in [5.41, 5.74) is 10.2. The smallest absolute Gasteiger partial charge is 0.0292 e. The van der Waals surface area contributed by atoms with Crippen molar-refractivity contribution in [2.24, 2.45) is 5.73 Å². The first-order chi connectivity index (χ1) is 6.72. The summed E-state index contributed by atoms with van der Waals surface area (Å²) in [6, 6.07) is 6.87. The third-order valence-electron chi connectivity index (χ3n) is 2.86. The summed E-state index contributed by atoms with van der Waals surface area (Å²) < 4.78 is 0. The van der Waals surface area contributed by atoms with E-state index < -0.39 is 0 Å². The molecule has 1 heteroatoms. The molecule has 1 unspecified atom stereocenters. The average molecular weight is 191 g/mol. The van der Waals surface area contributed by atoms with Gasteiger partial charge in [-0.15, -0.1) is 0 Å². The summed E-state index contributed by atoms with van der Waals surface area (Å²) in [5, 5.41) is 0. The van der Waals surface area contributed by atoms with Crippen LogP contribution in [0.4, 0.5) is 0 Å². The number of rotatable bonds is 4. The van der Waals surface area contributed by atoms with E-state index in [-0.39, 0.29) is 6.04 Å². The van der Waals surface area contributed by atoms with Crippen LogP contribution in [0.1, 0.15) is 49.9 Å². The molecule has 0 amide bonds. The van der Waals surface area contributed by atoms with Crippen LogP contribution in [0.2, 0.25) is 0 Å². The lowest BCUT2D eigenvalue weighted by Crippen LogP contribution is -2.09. The van der Waals surface area contributed by atoms with Crippen molar-refractivity contribution in [2.75, 3.05) is 0 Å². The first kappa shape index (κ1) is 11.3. The maximum absolute atomic E-state index is 6.01. The van der Waals surface area contributed by atoms with E-state index in [1.165, 1.54) is 16.7 Å². The molecule has 0 spiro atoms. The van der Waals surface area contributed by atoms with Gasteiger partial charge >= 0.3 is 0 Å². The van der Waals surface area contributed by atoms with Gasteiger partial charge in [-0.25, -0.2) is 0 Å². The molecule has 0 aliphatic carbocycles. The van der Waals surface area contributed by atoms with E-state index in [0.29, 0.717) is 0 Å². The first-order valence-electron chi connectivity index (χ1n) is 5.60. The standard InChI is InChI=1S/C13H21N/c1-4-10-7-8-12(13(14)6-3)9-11(10)5-2/h7-9,13H,4-6,14H2,1-3H3. The highest BCUT2D eigenvalue weighted by Gasteiger charge is 2.05. The third-order valence-corrected chi connectivity index (χ3v) is 2.86. The molecule has 0 heterocycles. The maximum Gasteiger partial charge on any atom is 0.0292 e. The quantitative estimate of drug-likeness (QED) is 0.777. The first-order valence-corrected chi connectivity index (χ1v) is 5.60. The number of nitrogens with two attached hydrogens (primary N) is 1. The fourth-order valence-electron chi connectivity index (χ4n) is 1.79. The minimum atomic E-state index is 0.200. The summed E-state index contributed by atoms with van der Waals surface area (Å²) in [4.78, 5) is 0. The van der Waals surface area contributed by atoms with Crippen LogP contribution in [0.15, 0.2) is 18.2 Å². The van der Waals surface area contributed by atoms with Gasteiger partial charge in [0.15, 0.2) is 0 Å². The fourth-order valence-corrected chi connectivity index (χ4v) is 1.79. The molecule has 78 valence electrons. The molecule has 0 aromatic heterocycles. The van der Waals surface area contributed by atoms with Crippen LogP contribution in [-0.4, -0.2) is 0 Å². The Morgan fingerprint density at radius 2 is 1.71 bits per heavy atom. The number of benzene rings is 1. The van der Waals surface area contributed by atoms with Crippen molar-refractivity contribution < 1.29 is 0 Å². The van der Waals surface area contributed by atoms with E-state index in [1.54, 1.807) is 0 Å². The van der Waals surface area contributed by atoms with Gasteiger partial charge in [0.25, 0.3) is 0 Å². The molecule has 0 fully saturated rings. The van der Waals surface area contributed by atoms with Crippen molar-refractivity contribution in [3.63, 3.8) is 0 Å². The molecule has 1 atom stereocenters. The van der Waals surface area contributed by atoms with Crippen LogP contribution in [-0.2, 0) is 12.8 Å². The van der Waals surface area contributed by atoms with Crippen molar-refractivity contribution in [2.45, 2.75) is 46.1 Å². The second-order valence-corrected chi connectivity index (χ2v) is 3.75. The van der Waals surface area contributed by atoms with Crippen molar-refractivity contribution in [3.05, 3.63) is 34.9 Å². The summed E-state index contributed by atoms with van der Waals surface area (Å²) in [6.45, 7) is 6.54. The summed E-state index contributed by atoms with van der Waals surface area (Å²) in [7, 11) is 0. The highest BCUT2D eigenvalue weighted by Crippen LogP contribution is 2.19. The van der Waals surface area contributed by atoms with Crippen LogP contribution in [0.5, 0.6) is 0 Å². The van der Waals surface area contributed by atoms with Gasteiger partial charge in [0.1, 0.15) is 0 Å². The maximum atomic E-state index is 6.01. The van der Waals surface area contributed by atoms with Crippen molar-refractivity contribution in [3.8, 4) is 0 Å². The van der Waals surface area contributed by atoms with E-state index in [4.69, 9.17) is 5.73 Å². The highest BCUT2D eigenvalue weighted by molar-refractivity contribution is 5.33. The fraction of sp³-hybridized carbons (Fsp3) is 0.538. The zero-order valence-electron chi connectivity index (χ0n) is 9.51. The summed E-state index contributed by atoms with van der Waals surface area (Å²) >= 11 is 0. The normalized spacial score (nSPS) is 12.9. The Morgan fingerprint density at radius 3 is 2.21 bits per heavy atom. The molecule has 14 heavy (non-hydrogen) atoms. The molecular formula is C13H21N. The minimum absolute atomic E-state index is 0.200. The number of hydrogen-bond donors (Lipinski definition) is 1. The molecule has 1 nitrogen and oxygen atoms in total. The van der Waals surface area contributed by atoms with E-state index in [0.717, 1.165) is 19.3 Å². The van der Waals surface area contributed by atoms with Crippen LogP contribution in [0.25, 0.3) is 0 Å². The lowest BCUT2D eigenvalue weighted by Gasteiger charge is -2.13. The van der Waals surface area contributed by atoms with Gasteiger partial charge in [0, 0.05) is 6.04 Å². The Bertz CT molecular complexity index is 291. The van der Waals surface area contributed by atoms with Crippen LogP contribution < -0.4 is 5.73 Å². The van der Waals surface area contributed by atoms with E-state index in [1.807, 2.05) is 0 Å². The van der Waals surface area contributed by atoms with Gasteiger partial charge in [-0.3, -0.25) is 0 Å². The molecule has 0 aliphatic heterocycles. The van der Waals surface area contributed by atoms with Gasteiger partial charge in [-0.2, -0.15) is 0 Å². The zero-order chi connectivity index (χ0) is 10.6. The Hall–Kier alpha value is -0.820. The van der Waals surface area contributed by atoms with Gasteiger partial charge in [0.2, 0.25) is 0 Å². The molecular weight excluding hydrogens is 170 g/mol. The monoisotopic (exact) mass is 191 g/mol. The van der Waals surface area contributed by atoms with E-state index in [2.05, 4.69) is 39.0 Å². The number of hydrogen-bond acceptors (Lipinski definition) is 1. The molecule has 1 aromatic carbocycles. The van der Waals surface area contributed by atoms with Crippen LogP contribution in [0.3, 0.4) is 0 Å². The van der Waals surface area contributed by atoms with Crippen molar-refractivity contribution >= 4 is 0 Å². The van der Waals surface area contributed by atoms with Crippen LogP contribution >= 0.6 is 0 Å². The Balaban J connectivity index is 3.01. The molecule has 0 aliphatic rings. The Labute approximate surface area is 87.3 Å². The predicted molar refractivity (Wildman–Crippen MR) is 62.4 cm³/mol. The van der Waals surface area contributed by atoms with E-state index in [9.17, 15) is 0 Å². The minimum Gasteiger partial charge on any atom is -0.324 e. The molecule has 1 aromatic rings. The van der Waals surface area contributed by atoms with E-state index >= 15 is 0 Å². The van der Waals surface area contributed by atoms with Gasteiger partial charge in [0.05, 0.1) is 0 Å². The van der Waals surface area contributed by atoms with Gasteiger partial charge in [-0.05, 0) is 36.0 Å². The molecule has 0 radical (unpaired) electrons. The average Bonchev–Trinajstić information content (AvgIpc) is 2.26. The lowest BCUT2D eigenvalue weighted by atomic mass is 9.96. The molecule has 0 saturated heterocycles. The third kappa shape index (κ3) is 2.36.